The zero-order valence-corrected chi connectivity index (χ0v) is 36.1. The number of rotatable bonds is 17. The molecule has 12 heteroatoms. The highest BCUT2D eigenvalue weighted by molar-refractivity contribution is 5.96. The molecule has 2 aliphatic heterocycles. The second-order valence-electron chi connectivity index (χ2n) is 19.1. The molecule has 4 aliphatic rings. The lowest BCUT2D eigenvalue weighted by atomic mass is 9.80. The smallest absolute Gasteiger partial charge is 0.312 e. The minimum atomic E-state index is -1.04. The Kier molecular flexibility index (Phi) is 17.2. The van der Waals surface area contributed by atoms with Gasteiger partial charge in [0.1, 0.15) is 5.60 Å². The summed E-state index contributed by atoms with van der Waals surface area (Å²) in [5.74, 6) is 1.07. The van der Waals surface area contributed by atoms with E-state index in [0.717, 1.165) is 44.9 Å². The van der Waals surface area contributed by atoms with Gasteiger partial charge in [0, 0.05) is 44.6 Å². The van der Waals surface area contributed by atoms with Crippen molar-refractivity contribution in [1.29, 1.82) is 0 Å². The predicted octanol–water partition coefficient (Wildman–Crippen LogP) is 5.94. The molecule has 0 aromatic heterocycles. The number of amides is 4. The normalized spacial score (nSPS) is 26.3. The molecule has 0 radical (unpaired) electrons. The minimum absolute atomic E-state index is 0.0628. The van der Waals surface area contributed by atoms with Crippen LogP contribution >= 0.6 is 0 Å². The van der Waals surface area contributed by atoms with Crippen LogP contribution in [0.5, 0.6) is 0 Å². The molecule has 2 saturated heterocycles. The van der Waals surface area contributed by atoms with Gasteiger partial charge in [0.15, 0.2) is 11.6 Å². The number of hydrogen-bond donors (Lipinski definition) is 5. The third-order valence-corrected chi connectivity index (χ3v) is 14.0. The van der Waals surface area contributed by atoms with Crippen LogP contribution in [0, 0.1) is 23.7 Å². The molecule has 56 heavy (non-hydrogen) atoms. The van der Waals surface area contributed by atoms with Crippen LogP contribution in [-0.2, 0) is 23.9 Å². The second-order valence-corrected chi connectivity index (χ2v) is 19.1. The zero-order chi connectivity index (χ0) is 41.1. The second kappa shape index (κ2) is 20.9. The third-order valence-electron chi connectivity index (χ3n) is 14.0. The van der Waals surface area contributed by atoms with E-state index in [9.17, 15) is 19.2 Å². The van der Waals surface area contributed by atoms with Gasteiger partial charge in [-0.1, -0.05) is 66.7 Å². The van der Waals surface area contributed by atoms with E-state index in [0.29, 0.717) is 115 Å². The van der Waals surface area contributed by atoms with E-state index in [2.05, 4.69) is 55.9 Å². The highest BCUT2D eigenvalue weighted by Gasteiger charge is 2.48. The Balaban J connectivity index is 1.55. The van der Waals surface area contributed by atoms with Crippen molar-refractivity contribution in [2.75, 3.05) is 26.2 Å². The van der Waals surface area contributed by atoms with Gasteiger partial charge in [-0.15, -0.1) is 0 Å². The molecule has 2 unspecified atom stereocenters. The van der Waals surface area contributed by atoms with Crippen LogP contribution in [0.25, 0.3) is 0 Å². The van der Waals surface area contributed by atoms with Crippen molar-refractivity contribution in [2.24, 2.45) is 29.4 Å². The number of nitrogens with zero attached hydrogens (tertiary/aromatic N) is 1. The van der Waals surface area contributed by atoms with Crippen LogP contribution in [0.2, 0.25) is 0 Å². The first kappa shape index (κ1) is 46.1. The number of primary amides is 1. The Morgan fingerprint density at radius 2 is 1.55 bits per heavy atom. The van der Waals surface area contributed by atoms with Crippen molar-refractivity contribution in [3.63, 3.8) is 0 Å². The molecule has 2 bridgehead atoms. The highest BCUT2D eigenvalue weighted by atomic mass is 16.5. The van der Waals surface area contributed by atoms with Crippen LogP contribution in [0.15, 0.2) is 0 Å². The fourth-order valence-electron chi connectivity index (χ4n) is 9.72. The summed E-state index contributed by atoms with van der Waals surface area (Å²) in [7, 11) is 0. The highest BCUT2D eigenvalue weighted by Crippen LogP contribution is 2.39. The summed E-state index contributed by atoms with van der Waals surface area (Å²) >= 11 is 0. The van der Waals surface area contributed by atoms with E-state index in [-0.39, 0.29) is 40.9 Å². The molecule has 2 aliphatic carbocycles. The molecule has 2 saturated carbocycles. The summed E-state index contributed by atoms with van der Waals surface area (Å²) in [6.07, 6.45) is 12.9. The van der Waals surface area contributed by atoms with Crippen LogP contribution in [0.3, 0.4) is 0 Å². The number of nitrogens with one attached hydrogen (secondary N) is 4. The van der Waals surface area contributed by atoms with Crippen molar-refractivity contribution in [3.8, 4) is 0 Å². The number of ketones is 2. The van der Waals surface area contributed by atoms with E-state index < -0.39 is 29.3 Å². The molecule has 0 spiro atoms. The van der Waals surface area contributed by atoms with Gasteiger partial charge in [0.2, 0.25) is 11.8 Å². The Morgan fingerprint density at radius 1 is 0.875 bits per heavy atom. The summed E-state index contributed by atoms with van der Waals surface area (Å²) in [5, 5.41) is 13.2. The molecule has 2 heterocycles. The average Bonchev–Trinajstić information content (AvgIpc) is 3.51. The first-order valence-corrected chi connectivity index (χ1v) is 22.4. The van der Waals surface area contributed by atoms with Gasteiger partial charge >= 0.3 is 6.03 Å². The molecule has 5 atom stereocenters. The number of piperidine rings is 1. The van der Waals surface area contributed by atoms with Crippen LogP contribution in [0.4, 0.5) is 4.79 Å². The Bertz CT molecular complexity index is 1320. The van der Waals surface area contributed by atoms with Crippen molar-refractivity contribution >= 4 is 29.4 Å². The molecule has 6 N–H and O–H groups in total. The Morgan fingerprint density at radius 3 is 2.18 bits per heavy atom. The van der Waals surface area contributed by atoms with E-state index in [1.165, 1.54) is 0 Å². The number of carbonyl (C=O) groups excluding carboxylic acids is 5. The molecule has 4 amide bonds. The zero-order valence-electron chi connectivity index (χ0n) is 36.1. The SMILES string of the molecule is CC(C)[C@H](C)CC(=O)N1CCC(OC2(C(=O)[C@H](CCCCNC(N)=O)NC(=O)[C@@H](NC34CCCC(CC3)C(C)(C)NCCC4=O)C(C)C)CCCCCC2)CC1. The largest absolute Gasteiger partial charge is 0.364 e. The average molecular weight is 787 g/mol. The van der Waals surface area contributed by atoms with Crippen LogP contribution in [-0.4, -0.2) is 95.4 Å². The van der Waals surface area contributed by atoms with Gasteiger partial charge in [-0.2, -0.15) is 0 Å². The number of urea groups is 1. The number of carbonyl (C=O) groups is 5. The van der Waals surface area contributed by atoms with Gasteiger partial charge in [0.05, 0.1) is 23.7 Å². The number of unbranched alkanes of at least 4 members (excludes halogenated alkanes) is 1. The lowest BCUT2D eigenvalue weighted by Gasteiger charge is -2.41. The predicted molar refractivity (Wildman–Crippen MR) is 221 cm³/mol. The maximum atomic E-state index is 15.1. The van der Waals surface area contributed by atoms with E-state index in [1.807, 2.05) is 18.7 Å². The maximum absolute atomic E-state index is 15.1. The van der Waals surface area contributed by atoms with Gasteiger partial charge in [-0.3, -0.25) is 24.5 Å². The van der Waals surface area contributed by atoms with Gasteiger partial charge < -0.3 is 31.3 Å². The van der Waals surface area contributed by atoms with Crippen LogP contribution < -0.4 is 27.0 Å². The van der Waals surface area contributed by atoms with Gasteiger partial charge in [-0.25, -0.2) is 4.79 Å². The summed E-state index contributed by atoms with van der Waals surface area (Å²) in [5.41, 5.74) is 3.42. The fourth-order valence-corrected chi connectivity index (χ4v) is 9.72. The van der Waals surface area contributed by atoms with Gasteiger partial charge in [-0.05, 0) is 108 Å². The van der Waals surface area contributed by atoms with Crippen molar-refractivity contribution in [1.82, 2.24) is 26.2 Å². The number of likely N-dealkylation sites (tertiary alicyclic amines) is 1. The molecule has 4 rings (SSSR count). The molecular weight excluding hydrogens is 709 g/mol. The Labute approximate surface area is 338 Å². The minimum Gasteiger partial charge on any atom is -0.364 e. The van der Waals surface area contributed by atoms with Crippen molar-refractivity contribution < 1.29 is 28.7 Å². The molecule has 0 aromatic carbocycles. The lowest BCUT2D eigenvalue weighted by molar-refractivity contribution is -0.165. The quantitative estimate of drug-likeness (QED) is 0.0892. The van der Waals surface area contributed by atoms with Gasteiger partial charge in [0.25, 0.3) is 0 Å². The number of Topliss-reactive ketones (excluding diaryl/α,β-unsaturated/α-hetero) is 2. The Hall–Kier alpha value is -2.57. The van der Waals surface area contributed by atoms with Crippen molar-refractivity contribution in [2.45, 2.75) is 199 Å². The topological polar surface area (TPSA) is 172 Å². The third kappa shape index (κ3) is 12.5. The summed E-state index contributed by atoms with van der Waals surface area (Å²) in [6, 6.07) is -2.06. The van der Waals surface area contributed by atoms with Crippen LogP contribution in [0.1, 0.15) is 164 Å². The first-order chi connectivity index (χ1) is 26.5. The number of nitrogens with two attached hydrogens (primary N) is 1. The molecule has 12 nitrogen and oxygen atoms in total. The van der Waals surface area contributed by atoms with E-state index >= 15 is 4.79 Å². The summed E-state index contributed by atoms with van der Waals surface area (Å²) in [4.78, 5) is 70.2. The molecular formula is C44H78N6O6. The summed E-state index contributed by atoms with van der Waals surface area (Å²) in [6.45, 7) is 17.1. The lowest BCUT2D eigenvalue weighted by Crippen LogP contribution is -2.63. The van der Waals surface area contributed by atoms with E-state index in [1.54, 1.807) is 0 Å². The monoisotopic (exact) mass is 787 g/mol. The number of fused-ring (bicyclic) bond motifs is 3. The standard InChI is InChI=1S/C44H78N6O6/c1-30(2)32(5)29-37(52)50-27-19-34(20-28-50)56-44(22-11-8-9-12-23-44)39(53)35(16-10-13-25-46-41(45)55)48-40(54)38(31(3)4)49-43-21-14-15-33(17-24-43)42(6,7)47-26-18-36(43)51/h30-35,38,47,49H,8-29H2,1-7H3,(H,48,54)(H3,45,46,55)/t32-,33?,35+,38+,43?/m1/s1. The fraction of sp³-hybridized carbons (Fsp3) is 0.886. The molecule has 320 valence electrons. The van der Waals surface area contributed by atoms with Crippen molar-refractivity contribution in [3.05, 3.63) is 0 Å². The maximum Gasteiger partial charge on any atom is 0.312 e. The summed E-state index contributed by atoms with van der Waals surface area (Å²) < 4.78 is 7.00. The number of hydrogen-bond acceptors (Lipinski definition) is 8. The van der Waals surface area contributed by atoms with E-state index in [4.69, 9.17) is 10.5 Å². The number of ether oxygens (including phenoxy) is 1. The first-order valence-electron chi connectivity index (χ1n) is 22.4. The molecule has 4 fully saturated rings. The molecule has 0 aromatic rings.